The van der Waals surface area contributed by atoms with E-state index in [1.165, 1.54) is 49.7 Å². The molecule has 0 spiro atoms. The van der Waals surface area contributed by atoms with Crippen LogP contribution in [0.25, 0.3) is 0 Å². The molecule has 0 N–H and O–H groups in total. The smallest absolute Gasteiger partial charge is 0.410 e. The highest BCUT2D eigenvalue weighted by atomic mass is 16.6. The van der Waals surface area contributed by atoms with Gasteiger partial charge in [0, 0.05) is 13.1 Å². The molecule has 0 unspecified atom stereocenters. The first-order chi connectivity index (χ1) is 15.2. The number of nitrogens with zero attached hydrogens (tertiary/aromatic N) is 1. The molecule has 2 aromatic rings. The Bertz CT molecular complexity index is 892. The number of benzene rings is 2. The maximum Gasteiger partial charge on any atom is 0.415 e. The minimum Gasteiger partial charge on any atom is -0.410 e. The van der Waals surface area contributed by atoms with Crippen molar-refractivity contribution in [3.8, 4) is 5.75 Å². The van der Waals surface area contributed by atoms with Crippen molar-refractivity contribution in [2.45, 2.75) is 62.7 Å². The molecule has 3 nitrogen and oxygen atoms in total. The lowest BCUT2D eigenvalue weighted by Gasteiger charge is -2.57. The van der Waals surface area contributed by atoms with Crippen LogP contribution in [0.3, 0.4) is 0 Å². The number of likely N-dealkylation sites (tertiary alicyclic amines) is 1. The van der Waals surface area contributed by atoms with Crippen LogP contribution < -0.4 is 4.74 Å². The second kappa shape index (κ2) is 7.69. The van der Waals surface area contributed by atoms with E-state index in [2.05, 4.69) is 42.5 Å². The number of amides is 1. The van der Waals surface area contributed by atoms with Gasteiger partial charge in [-0.15, -0.1) is 0 Å². The molecule has 4 saturated carbocycles. The van der Waals surface area contributed by atoms with Crippen LogP contribution in [0.15, 0.2) is 54.6 Å². The van der Waals surface area contributed by atoms with Gasteiger partial charge >= 0.3 is 6.09 Å². The first-order valence-electron chi connectivity index (χ1n) is 12.3. The Morgan fingerprint density at radius 2 is 1.39 bits per heavy atom. The van der Waals surface area contributed by atoms with Gasteiger partial charge in [-0.2, -0.15) is 0 Å². The monoisotopic (exact) mass is 415 g/mol. The van der Waals surface area contributed by atoms with Gasteiger partial charge in [0.1, 0.15) is 5.75 Å². The third-order valence-electron chi connectivity index (χ3n) is 8.73. The maximum absolute atomic E-state index is 12.7. The third kappa shape index (κ3) is 3.66. The van der Waals surface area contributed by atoms with E-state index in [1.807, 2.05) is 17.0 Å². The van der Waals surface area contributed by atoms with Gasteiger partial charge < -0.3 is 9.64 Å². The van der Waals surface area contributed by atoms with E-state index in [1.54, 1.807) is 0 Å². The molecule has 3 heteroatoms. The Morgan fingerprint density at radius 3 is 1.97 bits per heavy atom. The van der Waals surface area contributed by atoms with Gasteiger partial charge in [-0.1, -0.05) is 42.5 Å². The van der Waals surface area contributed by atoms with Gasteiger partial charge in [0.15, 0.2) is 0 Å². The predicted octanol–water partition coefficient (Wildman–Crippen LogP) is 6.53. The van der Waals surface area contributed by atoms with Crippen LogP contribution >= 0.6 is 0 Å². The zero-order valence-corrected chi connectivity index (χ0v) is 18.3. The molecule has 5 aliphatic rings. The fourth-order valence-electron chi connectivity index (χ4n) is 7.63. The zero-order valence-electron chi connectivity index (χ0n) is 18.3. The topological polar surface area (TPSA) is 29.5 Å². The summed E-state index contributed by atoms with van der Waals surface area (Å²) in [6.45, 7) is 1.54. The Balaban J connectivity index is 1.08. The Morgan fingerprint density at radius 1 is 0.806 bits per heavy atom. The lowest BCUT2D eigenvalue weighted by atomic mass is 9.48. The highest BCUT2D eigenvalue weighted by Crippen LogP contribution is 2.60. The van der Waals surface area contributed by atoms with Crippen LogP contribution in [0.1, 0.15) is 68.4 Å². The van der Waals surface area contributed by atoms with Crippen molar-refractivity contribution in [2.75, 3.05) is 13.1 Å². The van der Waals surface area contributed by atoms with Crippen molar-refractivity contribution >= 4 is 6.09 Å². The standard InChI is InChI=1S/C28H33NO2/c30-27(29-12-10-24(11-13-29)23-4-2-1-3-5-23)31-26-8-6-25(7-9-26)28-17-20-14-21(18-28)16-22(15-20)19-28/h1-9,20-22,24H,10-19H2. The molecule has 0 atom stereocenters. The maximum atomic E-state index is 12.7. The minimum atomic E-state index is -0.200. The lowest BCUT2D eigenvalue weighted by Crippen LogP contribution is -2.48. The van der Waals surface area contributed by atoms with Crippen LogP contribution in [0, 0.1) is 17.8 Å². The van der Waals surface area contributed by atoms with E-state index in [0.717, 1.165) is 43.7 Å². The summed E-state index contributed by atoms with van der Waals surface area (Å²) in [6, 6.07) is 19.2. The third-order valence-corrected chi connectivity index (χ3v) is 8.73. The summed E-state index contributed by atoms with van der Waals surface area (Å²) in [5, 5.41) is 0. The van der Waals surface area contributed by atoms with E-state index in [0.29, 0.717) is 17.1 Å². The molecule has 4 bridgehead atoms. The van der Waals surface area contributed by atoms with Crippen LogP contribution in [-0.4, -0.2) is 24.1 Å². The molecule has 2 aromatic carbocycles. The van der Waals surface area contributed by atoms with Gasteiger partial charge in [0.25, 0.3) is 0 Å². The Labute approximate surface area is 185 Å². The summed E-state index contributed by atoms with van der Waals surface area (Å²) in [6.07, 6.45) is 10.3. The zero-order chi connectivity index (χ0) is 20.8. The summed E-state index contributed by atoms with van der Waals surface area (Å²) in [5.74, 6) is 4.07. The molecular weight excluding hydrogens is 382 g/mol. The first kappa shape index (κ1) is 19.4. The van der Waals surface area contributed by atoms with E-state index >= 15 is 0 Å². The van der Waals surface area contributed by atoms with Crippen molar-refractivity contribution in [3.63, 3.8) is 0 Å². The minimum absolute atomic E-state index is 0.200. The molecule has 1 amide bonds. The Kier molecular flexibility index (Phi) is 4.81. The van der Waals surface area contributed by atoms with Crippen molar-refractivity contribution < 1.29 is 9.53 Å². The number of carbonyl (C=O) groups excluding carboxylic acids is 1. The largest absolute Gasteiger partial charge is 0.415 e. The number of ether oxygens (including phenoxy) is 1. The van der Waals surface area contributed by atoms with Gasteiger partial charge in [-0.05, 0) is 104 Å². The van der Waals surface area contributed by atoms with Crippen molar-refractivity contribution in [1.29, 1.82) is 0 Å². The van der Waals surface area contributed by atoms with E-state index in [9.17, 15) is 4.79 Å². The van der Waals surface area contributed by atoms with Gasteiger partial charge in [0.2, 0.25) is 0 Å². The fraction of sp³-hybridized carbons (Fsp3) is 0.536. The summed E-state index contributed by atoms with van der Waals surface area (Å²) in [7, 11) is 0. The van der Waals surface area contributed by atoms with Crippen LogP contribution in [0.4, 0.5) is 4.79 Å². The molecule has 1 aliphatic heterocycles. The normalized spacial score (nSPS) is 32.3. The van der Waals surface area contributed by atoms with Crippen molar-refractivity contribution in [2.24, 2.45) is 17.8 Å². The molecule has 162 valence electrons. The average molecular weight is 416 g/mol. The number of hydrogen-bond donors (Lipinski definition) is 0. The van der Waals surface area contributed by atoms with Gasteiger partial charge in [-0.25, -0.2) is 4.79 Å². The number of piperidine rings is 1. The second-order valence-electron chi connectivity index (χ2n) is 10.8. The quantitative estimate of drug-likeness (QED) is 0.570. The molecule has 31 heavy (non-hydrogen) atoms. The molecule has 7 rings (SSSR count). The highest BCUT2D eigenvalue weighted by molar-refractivity contribution is 5.70. The summed E-state index contributed by atoms with van der Waals surface area (Å²) in [5.41, 5.74) is 3.27. The molecule has 0 radical (unpaired) electrons. The van der Waals surface area contributed by atoms with E-state index < -0.39 is 0 Å². The summed E-state index contributed by atoms with van der Waals surface area (Å²) >= 11 is 0. The molecule has 4 aliphatic carbocycles. The SMILES string of the molecule is O=C(Oc1ccc(C23CC4CC(CC(C4)C2)C3)cc1)N1CCC(c2ccccc2)CC1. The Hall–Kier alpha value is -2.29. The van der Waals surface area contributed by atoms with Gasteiger partial charge in [0.05, 0.1) is 0 Å². The second-order valence-corrected chi connectivity index (χ2v) is 10.8. The van der Waals surface area contributed by atoms with Crippen LogP contribution in [0.2, 0.25) is 0 Å². The van der Waals surface area contributed by atoms with Crippen molar-refractivity contribution in [1.82, 2.24) is 4.90 Å². The fourth-order valence-corrected chi connectivity index (χ4v) is 7.63. The van der Waals surface area contributed by atoms with Crippen LogP contribution in [-0.2, 0) is 5.41 Å². The number of hydrogen-bond acceptors (Lipinski definition) is 2. The van der Waals surface area contributed by atoms with E-state index in [4.69, 9.17) is 4.74 Å². The molecule has 5 fully saturated rings. The summed E-state index contributed by atoms with van der Waals surface area (Å²) < 4.78 is 5.76. The first-order valence-corrected chi connectivity index (χ1v) is 12.3. The number of carbonyl (C=O) groups is 1. The summed E-state index contributed by atoms with van der Waals surface area (Å²) in [4.78, 5) is 14.6. The molecular formula is C28H33NO2. The lowest BCUT2D eigenvalue weighted by molar-refractivity contribution is -0.00519. The average Bonchev–Trinajstić information content (AvgIpc) is 2.79. The molecule has 0 aromatic heterocycles. The number of rotatable bonds is 3. The van der Waals surface area contributed by atoms with E-state index in [-0.39, 0.29) is 6.09 Å². The predicted molar refractivity (Wildman–Crippen MR) is 122 cm³/mol. The highest BCUT2D eigenvalue weighted by Gasteiger charge is 2.51. The van der Waals surface area contributed by atoms with Crippen molar-refractivity contribution in [3.05, 3.63) is 65.7 Å². The van der Waals surface area contributed by atoms with Gasteiger partial charge in [-0.3, -0.25) is 0 Å². The van der Waals surface area contributed by atoms with Crippen LogP contribution in [0.5, 0.6) is 5.75 Å². The molecule has 1 heterocycles. The molecule has 1 saturated heterocycles.